The van der Waals surface area contributed by atoms with E-state index in [-0.39, 0.29) is 18.6 Å². The third kappa shape index (κ3) is 4.97. The third-order valence-electron chi connectivity index (χ3n) is 6.02. The van der Waals surface area contributed by atoms with Gasteiger partial charge in [0.2, 0.25) is 5.91 Å². The van der Waals surface area contributed by atoms with Crippen molar-refractivity contribution in [2.24, 2.45) is 0 Å². The monoisotopic (exact) mass is 388 g/mol. The quantitative estimate of drug-likeness (QED) is 0.719. The summed E-state index contributed by atoms with van der Waals surface area (Å²) in [5.41, 5.74) is 0. The summed E-state index contributed by atoms with van der Waals surface area (Å²) >= 11 is 0. The predicted molar refractivity (Wildman–Crippen MR) is 107 cm³/mol. The van der Waals surface area contributed by atoms with Crippen LogP contribution in [0.25, 0.3) is 0 Å². The highest BCUT2D eigenvalue weighted by atomic mass is 16.6. The Bertz CT molecular complexity index is 647. The Balaban J connectivity index is 1.21. The smallest absolute Gasteiger partial charge is 0.248 e. The molecular weight excluding hydrogens is 356 g/mol. The molecule has 0 bridgehead atoms. The highest BCUT2D eigenvalue weighted by Crippen LogP contribution is 2.30. The number of piperidine rings is 1. The summed E-state index contributed by atoms with van der Waals surface area (Å²) in [6, 6.07) is 8.01. The van der Waals surface area contributed by atoms with Crippen molar-refractivity contribution >= 4 is 5.91 Å². The van der Waals surface area contributed by atoms with Crippen LogP contribution in [0.2, 0.25) is 0 Å². The van der Waals surface area contributed by atoms with Gasteiger partial charge in [0.25, 0.3) is 0 Å². The Kier molecular flexibility index (Phi) is 6.70. The average Bonchev–Trinajstić information content (AvgIpc) is 3.26. The van der Waals surface area contributed by atoms with Crippen LogP contribution >= 0.6 is 0 Å². The van der Waals surface area contributed by atoms with E-state index in [9.17, 15) is 4.79 Å². The maximum atomic E-state index is 12.8. The summed E-state index contributed by atoms with van der Waals surface area (Å²) in [6.45, 7) is 5.36. The second-order valence-corrected chi connectivity index (χ2v) is 8.09. The summed E-state index contributed by atoms with van der Waals surface area (Å²) in [6.07, 6.45) is 6.99. The van der Waals surface area contributed by atoms with Gasteiger partial charge in [-0.3, -0.25) is 4.79 Å². The highest BCUT2D eigenvalue weighted by Gasteiger charge is 2.28. The van der Waals surface area contributed by atoms with Crippen molar-refractivity contribution in [3.8, 4) is 11.5 Å². The number of benzene rings is 1. The Morgan fingerprint density at radius 1 is 1.07 bits per heavy atom. The van der Waals surface area contributed by atoms with Gasteiger partial charge in [-0.05, 0) is 63.7 Å². The Morgan fingerprint density at radius 3 is 2.71 bits per heavy atom. The molecular formula is C22H32N2O4. The summed E-state index contributed by atoms with van der Waals surface area (Å²) in [7, 11) is 0. The lowest BCUT2D eigenvalue weighted by Gasteiger charge is -2.36. The van der Waals surface area contributed by atoms with Crippen LogP contribution in [-0.2, 0) is 9.53 Å². The molecule has 0 unspecified atom stereocenters. The summed E-state index contributed by atoms with van der Waals surface area (Å²) in [5, 5.41) is 0. The predicted octanol–water partition coefficient (Wildman–Crippen LogP) is 2.71. The van der Waals surface area contributed by atoms with Gasteiger partial charge >= 0.3 is 0 Å². The molecule has 2 atom stereocenters. The van der Waals surface area contributed by atoms with Gasteiger partial charge in [-0.15, -0.1) is 0 Å². The number of ether oxygens (including phenoxy) is 3. The summed E-state index contributed by atoms with van der Waals surface area (Å²) in [4.78, 5) is 17.4. The Hall–Kier alpha value is -1.79. The number of carbonyl (C=O) groups is 1. The lowest BCUT2D eigenvalue weighted by atomic mass is 9.99. The first kappa shape index (κ1) is 19.5. The van der Waals surface area contributed by atoms with E-state index in [1.54, 1.807) is 0 Å². The van der Waals surface area contributed by atoms with Gasteiger partial charge < -0.3 is 24.0 Å². The zero-order chi connectivity index (χ0) is 19.2. The molecule has 2 fully saturated rings. The van der Waals surface area contributed by atoms with Crippen LogP contribution < -0.4 is 9.47 Å². The van der Waals surface area contributed by atoms with Crippen LogP contribution in [0.1, 0.15) is 38.5 Å². The maximum absolute atomic E-state index is 12.8. The first-order valence-corrected chi connectivity index (χ1v) is 10.8. The van der Waals surface area contributed by atoms with E-state index in [0.717, 1.165) is 43.9 Å². The molecule has 4 rings (SSSR count). The fourth-order valence-corrected chi connectivity index (χ4v) is 4.47. The second kappa shape index (κ2) is 9.61. The standard InChI is InChI=1S/C22H32N2O4/c25-22(17-26-15-19-16-27-20-8-1-2-9-21(20)28-19)24-13-4-3-7-18(24)10-14-23-11-5-6-12-23/h1-2,8-9,18-19H,3-7,10-17H2/t18-,19+/m0/s1. The normalized spacial score (nSPS) is 25.1. The molecule has 2 saturated heterocycles. The number of carbonyl (C=O) groups excluding carboxylic acids is 1. The summed E-state index contributed by atoms with van der Waals surface area (Å²) < 4.78 is 17.3. The van der Waals surface area contributed by atoms with Gasteiger partial charge in [0.1, 0.15) is 13.2 Å². The van der Waals surface area contributed by atoms with Gasteiger partial charge in [-0.1, -0.05) is 12.1 Å². The van der Waals surface area contributed by atoms with Crippen molar-refractivity contribution in [2.75, 3.05) is 46.0 Å². The fraction of sp³-hybridized carbons (Fsp3) is 0.682. The first-order valence-electron chi connectivity index (χ1n) is 10.8. The SMILES string of the molecule is O=C(COC[C@@H]1COc2ccccc2O1)N1CCCC[C@H]1CCN1CCCC1. The molecule has 0 aliphatic carbocycles. The minimum atomic E-state index is -0.171. The number of nitrogens with zero attached hydrogens (tertiary/aromatic N) is 2. The van der Waals surface area contributed by atoms with E-state index < -0.39 is 0 Å². The van der Waals surface area contributed by atoms with Crippen molar-refractivity contribution in [1.82, 2.24) is 9.80 Å². The van der Waals surface area contributed by atoms with Crippen LogP contribution in [-0.4, -0.2) is 73.9 Å². The summed E-state index contributed by atoms with van der Waals surface area (Å²) in [5.74, 6) is 1.62. The van der Waals surface area contributed by atoms with Crippen LogP contribution in [0.5, 0.6) is 11.5 Å². The molecule has 1 aromatic rings. The number of hydrogen-bond donors (Lipinski definition) is 0. The number of hydrogen-bond acceptors (Lipinski definition) is 5. The molecule has 6 heteroatoms. The molecule has 0 radical (unpaired) electrons. The van der Waals surface area contributed by atoms with Crippen molar-refractivity contribution in [3.63, 3.8) is 0 Å². The lowest BCUT2D eigenvalue weighted by Crippen LogP contribution is -2.47. The van der Waals surface area contributed by atoms with Crippen molar-refractivity contribution in [2.45, 2.75) is 50.7 Å². The van der Waals surface area contributed by atoms with Crippen molar-refractivity contribution < 1.29 is 19.0 Å². The van der Waals surface area contributed by atoms with Gasteiger partial charge in [0.15, 0.2) is 17.6 Å². The van der Waals surface area contributed by atoms with Gasteiger partial charge in [0.05, 0.1) is 6.61 Å². The topological polar surface area (TPSA) is 51.2 Å². The van der Waals surface area contributed by atoms with Crippen molar-refractivity contribution in [1.29, 1.82) is 0 Å². The van der Waals surface area contributed by atoms with Gasteiger partial charge in [0, 0.05) is 19.1 Å². The minimum Gasteiger partial charge on any atom is -0.486 e. The average molecular weight is 389 g/mol. The minimum absolute atomic E-state index is 0.114. The second-order valence-electron chi connectivity index (χ2n) is 8.09. The molecule has 3 heterocycles. The third-order valence-corrected chi connectivity index (χ3v) is 6.02. The van der Waals surface area contributed by atoms with Gasteiger partial charge in [-0.2, -0.15) is 0 Å². The molecule has 1 aromatic carbocycles. The lowest BCUT2D eigenvalue weighted by molar-refractivity contribution is -0.141. The zero-order valence-corrected chi connectivity index (χ0v) is 16.7. The van der Waals surface area contributed by atoms with Crippen LogP contribution in [0.4, 0.5) is 0 Å². The van der Waals surface area contributed by atoms with Crippen LogP contribution in [0.3, 0.4) is 0 Å². The fourth-order valence-electron chi connectivity index (χ4n) is 4.47. The number of para-hydroxylation sites is 2. The van der Waals surface area contributed by atoms with Crippen molar-refractivity contribution in [3.05, 3.63) is 24.3 Å². The molecule has 1 amide bonds. The largest absolute Gasteiger partial charge is 0.486 e. The van der Waals surface area contributed by atoms with E-state index in [2.05, 4.69) is 9.80 Å². The van der Waals surface area contributed by atoms with Crippen LogP contribution in [0.15, 0.2) is 24.3 Å². The van der Waals surface area contributed by atoms with E-state index >= 15 is 0 Å². The number of rotatable bonds is 7. The molecule has 0 aromatic heterocycles. The van der Waals surface area contributed by atoms with Gasteiger partial charge in [-0.25, -0.2) is 0 Å². The zero-order valence-electron chi connectivity index (χ0n) is 16.7. The van der Waals surface area contributed by atoms with E-state index in [1.165, 1.54) is 32.4 Å². The first-order chi connectivity index (χ1) is 13.8. The number of fused-ring (bicyclic) bond motifs is 1. The number of amides is 1. The number of likely N-dealkylation sites (tertiary alicyclic amines) is 2. The van der Waals surface area contributed by atoms with E-state index in [0.29, 0.717) is 19.3 Å². The molecule has 0 spiro atoms. The van der Waals surface area contributed by atoms with E-state index in [1.807, 2.05) is 24.3 Å². The maximum Gasteiger partial charge on any atom is 0.248 e. The van der Waals surface area contributed by atoms with E-state index in [4.69, 9.17) is 14.2 Å². The van der Waals surface area contributed by atoms with Crippen LogP contribution in [0, 0.1) is 0 Å². The molecule has 6 nitrogen and oxygen atoms in total. The molecule has 28 heavy (non-hydrogen) atoms. The molecule has 154 valence electrons. The highest BCUT2D eigenvalue weighted by molar-refractivity contribution is 5.77. The molecule has 3 aliphatic heterocycles. The Morgan fingerprint density at radius 2 is 1.86 bits per heavy atom. The Labute approximate surface area is 167 Å². The molecule has 0 saturated carbocycles. The molecule has 0 N–H and O–H groups in total. The molecule has 3 aliphatic rings.